The van der Waals surface area contributed by atoms with E-state index in [1.165, 1.54) is 32.1 Å². The number of carbonyl (C=O) groups is 1. The average Bonchev–Trinajstić information content (AvgIpc) is 2.29. The fraction of sp³-hybridized carbons (Fsp3) is 0.929. The van der Waals surface area contributed by atoms with Crippen molar-refractivity contribution in [3.63, 3.8) is 0 Å². The minimum absolute atomic E-state index is 0.0336. The first-order valence-corrected chi connectivity index (χ1v) is 7.05. The predicted molar refractivity (Wildman–Crippen MR) is 65.6 cm³/mol. The third kappa shape index (κ3) is 3.44. The molecule has 0 spiro atoms. The van der Waals surface area contributed by atoms with Gasteiger partial charge < -0.3 is 9.47 Å². The van der Waals surface area contributed by atoms with Gasteiger partial charge in [-0.05, 0) is 32.1 Å². The molecule has 17 heavy (non-hydrogen) atoms. The molecule has 0 aromatic heterocycles. The van der Waals surface area contributed by atoms with Crippen molar-refractivity contribution in [3.8, 4) is 0 Å². The smallest absolute Gasteiger partial charge is 0.309 e. The van der Waals surface area contributed by atoms with E-state index in [9.17, 15) is 4.79 Å². The number of hydrogen-bond acceptors (Lipinski definition) is 3. The summed E-state index contributed by atoms with van der Waals surface area (Å²) < 4.78 is 10.5. The molecule has 3 heteroatoms. The second-order valence-electron chi connectivity index (χ2n) is 5.40. The normalized spacial score (nSPS) is 24.1. The second kappa shape index (κ2) is 6.39. The molecule has 2 aliphatic rings. The zero-order valence-electron chi connectivity index (χ0n) is 10.8. The monoisotopic (exact) mass is 240 g/mol. The van der Waals surface area contributed by atoms with Gasteiger partial charge in [0.1, 0.15) is 0 Å². The molecule has 1 heterocycles. The summed E-state index contributed by atoms with van der Waals surface area (Å²) in [7, 11) is 0. The highest BCUT2D eigenvalue weighted by Gasteiger charge is 2.34. The van der Waals surface area contributed by atoms with E-state index >= 15 is 0 Å². The molecular formula is C14H24O3. The summed E-state index contributed by atoms with van der Waals surface area (Å²) in [6.45, 7) is 4.07. The number of esters is 1. The van der Waals surface area contributed by atoms with Gasteiger partial charge in [-0.3, -0.25) is 4.79 Å². The molecule has 2 rings (SSSR count). The molecule has 1 saturated carbocycles. The number of carbonyl (C=O) groups excluding carboxylic acids is 1. The maximum absolute atomic E-state index is 12.1. The Bertz CT molecular complexity index is 242. The molecule has 1 aliphatic carbocycles. The Hall–Kier alpha value is -0.570. The van der Waals surface area contributed by atoms with E-state index in [1.807, 2.05) is 6.92 Å². The minimum atomic E-state index is 0.0336. The van der Waals surface area contributed by atoms with Gasteiger partial charge >= 0.3 is 5.97 Å². The van der Waals surface area contributed by atoms with E-state index in [0.717, 1.165) is 19.6 Å². The first-order valence-electron chi connectivity index (χ1n) is 7.05. The molecular weight excluding hydrogens is 216 g/mol. The molecule has 0 N–H and O–H groups in total. The van der Waals surface area contributed by atoms with Crippen molar-refractivity contribution in [1.29, 1.82) is 0 Å². The van der Waals surface area contributed by atoms with Crippen molar-refractivity contribution < 1.29 is 14.3 Å². The summed E-state index contributed by atoms with van der Waals surface area (Å²) in [5.74, 6) is 1.31. The largest absolute Gasteiger partial charge is 0.466 e. The van der Waals surface area contributed by atoms with Crippen LogP contribution in [-0.2, 0) is 14.3 Å². The lowest BCUT2D eigenvalue weighted by Gasteiger charge is -2.34. The topological polar surface area (TPSA) is 35.5 Å². The summed E-state index contributed by atoms with van der Waals surface area (Å²) >= 11 is 0. The van der Waals surface area contributed by atoms with Crippen LogP contribution < -0.4 is 0 Å². The molecule has 1 aliphatic heterocycles. The zero-order chi connectivity index (χ0) is 12.1. The summed E-state index contributed by atoms with van der Waals surface area (Å²) in [5.41, 5.74) is 0. The predicted octanol–water partition coefficient (Wildman–Crippen LogP) is 2.78. The highest BCUT2D eigenvalue weighted by atomic mass is 16.5. The van der Waals surface area contributed by atoms with Gasteiger partial charge in [-0.25, -0.2) is 0 Å². The first kappa shape index (κ1) is 12.9. The fourth-order valence-corrected chi connectivity index (χ4v) is 3.05. The lowest BCUT2D eigenvalue weighted by Crippen LogP contribution is -2.36. The van der Waals surface area contributed by atoms with Crippen molar-refractivity contribution in [2.24, 2.45) is 17.8 Å². The molecule has 0 aromatic carbocycles. The Balaban J connectivity index is 1.91. The summed E-state index contributed by atoms with van der Waals surface area (Å²) in [6.07, 6.45) is 7.28. The van der Waals surface area contributed by atoms with E-state index in [2.05, 4.69) is 0 Å². The lowest BCUT2D eigenvalue weighted by molar-refractivity contribution is -0.153. The molecule has 0 aromatic rings. The van der Waals surface area contributed by atoms with E-state index in [1.54, 1.807) is 0 Å². The molecule has 0 amide bonds. The van der Waals surface area contributed by atoms with Gasteiger partial charge in [-0.2, -0.15) is 0 Å². The SMILES string of the molecule is CCOC(=O)C(CC1COC1)C1CCCCC1. The van der Waals surface area contributed by atoms with Crippen molar-refractivity contribution >= 4 is 5.97 Å². The van der Waals surface area contributed by atoms with E-state index in [0.29, 0.717) is 18.4 Å². The quantitative estimate of drug-likeness (QED) is 0.693. The highest BCUT2D eigenvalue weighted by Crippen LogP contribution is 2.35. The van der Waals surface area contributed by atoms with Crippen LogP contribution in [0, 0.1) is 17.8 Å². The van der Waals surface area contributed by atoms with E-state index in [4.69, 9.17) is 9.47 Å². The van der Waals surface area contributed by atoms with Gasteiger partial charge in [0.2, 0.25) is 0 Å². The third-order valence-electron chi connectivity index (χ3n) is 4.10. The number of rotatable bonds is 5. The summed E-state index contributed by atoms with van der Waals surface area (Å²) in [4.78, 5) is 12.1. The maximum atomic E-state index is 12.1. The van der Waals surface area contributed by atoms with E-state index < -0.39 is 0 Å². The van der Waals surface area contributed by atoms with Crippen LogP contribution in [0.2, 0.25) is 0 Å². The Morgan fingerprint density at radius 3 is 2.53 bits per heavy atom. The molecule has 1 unspecified atom stereocenters. The van der Waals surface area contributed by atoms with Gasteiger partial charge in [0.25, 0.3) is 0 Å². The average molecular weight is 240 g/mol. The molecule has 1 atom stereocenters. The zero-order valence-corrected chi connectivity index (χ0v) is 10.8. The first-order chi connectivity index (χ1) is 8.31. The molecule has 3 nitrogen and oxygen atoms in total. The minimum Gasteiger partial charge on any atom is -0.466 e. The Labute approximate surface area is 104 Å². The van der Waals surface area contributed by atoms with Crippen LogP contribution in [0.15, 0.2) is 0 Å². The standard InChI is InChI=1S/C14H24O3/c1-2-17-14(15)13(8-11-9-16-10-11)12-6-4-3-5-7-12/h11-13H,2-10H2,1H3. The van der Waals surface area contributed by atoms with Crippen molar-refractivity contribution in [1.82, 2.24) is 0 Å². The van der Waals surface area contributed by atoms with Crippen LogP contribution in [0.3, 0.4) is 0 Å². The Kier molecular flexibility index (Phi) is 4.84. The van der Waals surface area contributed by atoms with Crippen molar-refractivity contribution in [2.45, 2.75) is 45.4 Å². The van der Waals surface area contributed by atoms with Crippen LogP contribution in [0.25, 0.3) is 0 Å². The van der Waals surface area contributed by atoms with Crippen LogP contribution in [0.4, 0.5) is 0 Å². The van der Waals surface area contributed by atoms with Crippen molar-refractivity contribution in [3.05, 3.63) is 0 Å². The molecule has 2 fully saturated rings. The molecule has 1 saturated heterocycles. The molecule has 0 bridgehead atoms. The van der Waals surface area contributed by atoms with Gasteiger partial charge in [0.15, 0.2) is 0 Å². The van der Waals surface area contributed by atoms with Crippen LogP contribution in [0.1, 0.15) is 45.4 Å². The number of hydrogen-bond donors (Lipinski definition) is 0. The Morgan fingerprint density at radius 2 is 2.00 bits per heavy atom. The van der Waals surface area contributed by atoms with Gasteiger partial charge in [-0.15, -0.1) is 0 Å². The van der Waals surface area contributed by atoms with Gasteiger partial charge in [0.05, 0.1) is 25.7 Å². The van der Waals surface area contributed by atoms with Crippen LogP contribution in [0.5, 0.6) is 0 Å². The maximum Gasteiger partial charge on any atom is 0.309 e. The molecule has 98 valence electrons. The lowest BCUT2D eigenvalue weighted by atomic mass is 9.76. The summed E-state index contributed by atoms with van der Waals surface area (Å²) in [6, 6.07) is 0. The summed E-state index contributed by atoms with van der Waals surface area (Å²) in [5, 5.41) is 0. The third-order valence-corrected chi connectivity index (χ3v) is 4.10. The van der Waals surface area contributed by atoms with Gasteiger partial charge in [0, 0.05) is 5.92 Å². The van der Waals surface area contributed by atoms with Crippen molar-refractivity contribution in [2.75, 3.05) is 19.8 Å². The van der Waals surface area contributed by atoms with E-state index in [-0.39, 0.29) is 11.9 Å². The molecule has 0 radical (unpaired) electrons. The van der Waals surface area contributed by atoms with Gasteiger partial charge in [-0.1, -0.05) is 19.3 Å². The van der Waals surface area contributed by atoms with Crippen LogP contribution in [-0.4, -0.2) is 25.8 Å². The number of ether oxygens (including phenoxy) is 2. The second-order valence-corrected chi connectivity index (χ2v) is 5.40. The highest BCUT2D eigenvalue weighted by molar-refractivity contribution is 5.72. The van der Waals surface area contributed by atoms with Crippen LogP contribution >= 0.6 is 0 Å². The fourth-order valence-electron chi connectivity index (χ4n) is 3.05. The Morgan fingerprint density at radius 1 is 1.29 bits per heavy atom.